The van der Waals surface area contributed by atoms with Gasteiger partial charge in [-0.25, -0.2) is 0 Å². The first-order valence-corrected chi connectivity index (χ1v) is 8.70. The minimum Gasteiger partial charge on any atom is -0.370 e. The number of morpholine rings is 1. The van der Waals surface area contributed by atoms with Crippen LogP contribution in [-0.2, 0) is 11.8 Å². The molecule has 132 valence electrons. The van der Waals surface area contributed by atoms with Crippen LogP contribution in [0.1, 0.15) is 22.0 Å². The Balaban J connectivity index is 1.69. The van der Waals surface area contributed by atoms with E-state index in [2.05, 4.69) is 0 Å². The van der Waals surface area contributed by atoms with Crippen LogP contribution in [0.2, 0.25) is 0 Å². The van der Waals surface area contributed by atoms with Gasteiger partial charge in [-0.05, 0) is 11.6 Å². The smallest absolute Gasteiger partial charge is 0.254 e. The van der Waals surface area contributed by atoms with Gasteiger partial charge in [-0.3, -0.25) is 9.59 Å². The highest BCUT2D eigenvalue weighted by atomic mass is 16.5. The van der Waals surface area contributed by atoms with Gasteiger partial charge in [0.25, 0.3) is 11.5 Å². The Bertz CT molecular complexity index is 1010. The fraction of sp³-hybridized carbons (Fsp3) is 0.238. The molecule has 1 aromatic heterocycles. The largest absolute Gasteiger partial charge is 0.370 e. The minimum atomic E-state index is -0.181. The maximum atomic E-state index is 13.2. The van der Waals surface area contributed by atoms with Crippen LogP contribution in [0.25, 0.3) is 10.9 Å². The highest BCUT2D eigenvalue weighted by Crippen LogP contribution is 2.24. The lowest BCUT2D eigenvalue weighted by atomic mass is 10.0. The molecule has 3 aromatic rings. The molecule has 0 saturated carbocycles. The molecular formula is C21H20N2O3. The second-order valence-electron chi connectivity index (χ2n) is 6.49. The van der Waals surface area contributed by atoms with Gasteiger partial charge in [0.2, 0.25) is 0 Å². The number of aryl methyl sites for hydroxylation is 1. The monoisotopic (exact) mass is 348 g/mol. The van der Waals surface area contributed by atoms with E-state index in [1.807, 2.05) is 54.6 Å². The maximum absolute atomic E-state index is 13.2. The zero-order valence-electron chi connectivity index (χ0n) is 14.6. The lowest BCUT2D eigenvalue weighted by molar-refractivity contribution is -0.0227. The predicted octanol–water partition coefficient (Wildman–Crippen LogP) is 2.75. The zero-order chi connectivity index (χ0) is 18.1. The molecular weight excluding hydrogens is 328 g/mol. The van der Waals surface area contributed by atoms with E-state index >= 15 is 0 Å². The van der Waals surface area contributed by atoms with E-state index < -0.39 is 0 Å². The molecule has 5 heteroatoms. The second-order valence-corrected chi connectivity index (χ2v) is 6.49. The van der Waals surface area contributed by atoms with E-state index in [1.165, 1.54) is 6.07 Å². The van der Waals surface area contributed by atoms with Crippen molar-refractivity contribution < 1.29 is 9.53 Å². The topological polar surface area (TPSA) is 51.5 Å². The number of ether oxygens (including phenoxy) is 1. The van der Waals surface area contributed by atoms with Crippen molar-refractivity contribution in [2.75, 3.05) is 19.7 Å². The Labute approximate surface area is 151 Å². The van der Waals surface area contributed by atoms with E-state index in [-0.39, 0.29) is 17.6 Å². The molecule has 1 aliphatic heterocycles. The summed E-state index contributed by atoms with van der Waals surface area (Å²) in [5.41, 5.74) is 2.09. The number of pyridine rings is 1. The summed E-state index contributed by atoms with van der Waals surface area (Å²) in [6.07, 6.45) is -0.147. The van der Waals surface area contributed by atoms with Gasteiger partial charge < -0.3 is 14.2 Å². The molecule has 2 aromatic carbocycles. The fourth-order valence-corrected chi connectivity index (χ4v) is 3.46. The van der Waals surface area contributed by atoms with Crippen LogP contribution < -0.4 is 5.56 Å². The molecule has 0 bridgehead atoms. The Morgan fingerprint density at radius 1 is 1.08 bits per heavy atom. The Kier molecular flexibility index (Phi) is 4.31. The van der Waals surface area contributed by atoms with Gasteiger partial charge >= 0.3 is 0 Å². The van der Waals surface area contributed by atoms with Crippen LogP contribution in [-0.4, -0.2) is 35.1 Å². The van der Waals surface area contributed by atoms with Crippen LogP contribution in [0.5, 0.6) is 0 Å². The molecule has 0 aliphatic carbocycles. The number of carbonyl (C=O) groups is 1. The SMILES string of the molecule is Cn1c(=O)cc(C(=O)N2CCO[C@@H](c3ccccc3)C2)c2ccccc21. The highest BCUT2D eigenvalue weighted by molar-refractivity contribution is 6.06. The molecule has 4 rings (SSSR count). The van der Waals surface area contributed by atoms with Crippen molar-refractivity contribution in [3.8, 4) is 0 Å². The average molecular weight is 348 g/mol. The summed E-state index contributed by atoms with van der Waals surface area (Å²) in [7, 11) is 1.72. The van der Waals surface area contributed by atoms with Crippen molar-refractivity contribution in [3.05, 3.63) is 82.1 Å². The summed E-state index contributed by atoms with van der Waals surface area (Å²) in [5.74, 6) is -0.122. The molecule has 1 atom stereocenters. The first-order chi connectivity index (χ1) is 12.6. The Hall–Kier alpha value is -2.92. The molecule has 26 heavy (non-hydrogen) atoms. The summed E-state index contributed by atoms with van der Waals surface area (Å²) >= 11 is 0. The standard InChI is InChI=1S/C21H20N2O3/c1-22-18-10-6-5-9-16(18)17(13-20(22)24)21(25)23-11-12-26-19(14-23)15-7-3-2-4-8-15/h2-10,13,19H,11-12,14H2,1H3/t19-/m1/s1. The molecule has 0 radical (unpaired) electrons. The van der Waals surface area contributed by atoms with E-state index in [0.29, 0.717) is 25.3 Å². The number of aromatic nitrogens is 1. The van der Waals surface area contributed by atoms with Crippen LogP contribution in [0.4, 0.5) is 0 Å². The van der Waals surface area contributed by atoms with E-state index in [4.69, 9.17) is 4.74 Å². The number of nitrogens with zero attached hydrogens (tertiary/aromatic N) is 2. The molecule has 0 unspecified atom stereocenters. The first-order valence-electron chi connectivity index (χ1n) is 8.70. The van der Waals surface area contributed by atoms with Gasteiger partial charge in [-0.1, -0.05) is 48.5 Å². The third-order valence-corrected chi connectivity index (χ3v) is 4.91. The number of hydrogen-bond acceptors (Lipinski definition) is 3. The first kappa shape index (κ1) is 16.5. The van der Waals surface area contributed by atoms with Crippen LogP contribution >= 0.6 is 0 Å². The maximum Gasteiger partial charge on any atom is 0.254 e. The van der Waals surface area contributed by atoms with Gasteiger partial charge in [0.15, 0.2) is 0 Å². The van der Waals surface area contributed by atoms with E-state index in [9.17, 15) is 9.59 Å². The van der Waals surface area contributed by atoms with Crippen molar-refractivity contribution in [2.45, 2.75) is 6.10 Å². The number of hydrogen-bond donors (Lipinski definition) is 0. The van der Waals surface area contributed by atoms with E-state index in [1.54, 1.807) is 16.5 Å². The highest BCUT2D eigenvalue weighted by Gasteiger charge is 2.27. The quantitative estimate of drug-likeness (QED) is 0.716. The minimum absolute atomic E-state index is 0.122. The Morgan fingerprint density at radius 2 is 1.81 bits per heavy atom. The van der Waals surface area contributed by atoms with Gasteiger partial charge in [0, 0.05) is 25.0 Å². The lowest BCUT2D eigenvalue weighted by Gasteiger charge is -2.33. The molecule has 0 N–H and O–H groups in total. The summed E-state index contributed by atoms with van der Waals surface area (Å²) < 4.78 is 7.42. The molecule has 1 fully saturated rings. The van der Waals surface area contributed by atoms with Crippen molar-refractivity contribution >= 4 is 16.8 Å². The number of carbonyl (C=O) groups excluding carboxylic acids is 1. The summed E-state index contributed by atoms with van der Waals surface area (Å²) in [6, 6.07) is 18.8. The number of benzene rings is 2. The lowest BCUT2D eigenvalue weighted by Crippen LogP contribution is -2.42. The normalized spacial score (nSPS) is 17.4. The number of amides is 1. The van der Waals surface area contributed by atoms with Crippen molar-refractivity contribution in [2.24, 2.45) is 7.05 Å². The van der Waals surface area contributed by atoms with Gasteiger partial charge in [0.05, 0.1) is 24.2 Å². The second kappa shape index (κ2) is 6.77. The molecule has 2 heterocycles. The Morgan fingerprint density at radius 3 is 2.62 bits per heavy atom. The van der Waals surface area contributed by atoms with Crippen LogP contribution in [0.15, 0.2) is 65.5 Å². The van der Waals surface area contributed by atoms with Crippen LogP contribution in [0, 0.1) is 0 Å². The third kappa shape index (κ3) is 2.91. The summed E-state index contributed by atoms with van der Waals surface area (Å²) in [6.45, 7) is 1.48. The van der Waals surface area contributed by atoms with Gasteiger partial charge in [0.1, 0.15) is 6.10 Å². The van der Waals surface area contributed by atoms with Gasteiger partial charge in [-0.15, -0.1) is 0 Å². The number of fused-ring (bicyclic) bond motifs is 1. The third-order valence-electron chi connectivity index (χ3n) is 4.91. The summed E-state index contributed by atoms with van der Waals surface area (Å²) in [4.78, 5) is 27.3. The number of rotatable bonds is 2. The average Bonchev–Trinajstić information content (AvgIpc) is 2.71. The molecule has 5 nitrogen and oxygen atoms in total. The van der Waals surface area contributed by atoms with Crippen molar-refractivity contribution in [1.29, 1.82) is 0 Å². The summed E-state index contributed by atoms with van der Waals surface area (Å²) in [5, 5.41) is 0.794. The molecule has 1 amide bonds. The number of para-hydroxylation sites is 1. The molecule has 1 saturated heterocycles. The molecule has 0 spiro atoms. The molecule has 1 aliphatic rings. The van der Waals surface area contributed by atoms with Crippen molar-refractivity contribution in [3.63, 3.8) is 0 Å². The fourth-order valence-electron chi connectivity index (χ4n) is 3.46. The van der Waals surface area contributed by atoms with Crippen LogP contribution in [0.3, 0.4) is 0 Å². The predicted molar refractivity (Wildman–Crippen MR) is 100 cm³/mol. The zero-order valence-corrected chi connectivity index (χ0v) is 14.6. The van der Waals surface area contributed by atoms with E-state index in [0.717, 1.165) is 16.5 Å². The van der Waals surface area contributed by atoms with Crippen molar-refractivity contribution in [1.82, 2.24) is 9.47 Å². The van der Waals surface area contributed by atoms with Gasteiger partial charge in [-0.2, -0.15) is 0 Å².